The van der Waals surface area contributed by atoms with Crippen molar-refractivity contribution in [2.24, 2.45) is 15.5 Å². The van der Waals surface area contributed by atoms with Gasteiger partial charge in [0.05, 0.1) is 18.8 Å². The van der Waals surface area contributed by atoms with Gasteiger partial charge in [-0.2, -0.15) is 0 Å². The number of nitrogens with zero attached hydrogens (tertiary/aromatic N) is 4. The summed E-state index contributed by atoms with van der Waals surface area (Å²) in [5.74, 6) is 0.514. The molecule has 1 aromatic carbocycles. The van der Waals surface area contributed by atoms with Crippen LogP contribution < -0.4 is 0 Å². The van der Waals surface area contributed by atoms with Crippen LogP contribution in [0.25, 0.3) is 0 Å². The first-order valence-corrected chi connectivity index (χ1v) is 12.5. The number of ether oxygens (including phenoxy) is 3. The fourth-order valence-electron chi connectivity index (χ4n) is 3.45. The quantitative estimate of drug-likeness (QED) is 0.147. The van der Waals surface area contributed by atoms with Crippen molar-refractivity contribution in [2.45, 2.75) is 65.0 Å². The van der Waals surface area contributed by atoms with E-state index in [4.69, 9.17) is 30.6 Å². The molecule has 1 unspecified atom stereocenters. The smallest absolute Gasteiger partial charge is 0.434 e. The molecule has 2 aliphatic heterocycles. The molecule has 196 valence electrons. The summed E-state index contributed by atoms with van der Waals surface area (Å²) in [6.07, 6.45) is 3.48. The predicted molar refractivity (Wildman–Crippen MR) is 138 cm³/mol. The van der Waals surface area contributed by atoms with Gasteiger partial charge in [0.15, 0.2) is 0 Å². The van der Waals surface area contributed by atoms with Crippen molar-refractivity contribution in [3.63, 3.8) is 0 Å². The summed E-state index contributed by atoms with van der Waals surface area (Å²) >= 11 is 6.02. The third-order valence-electron chi connectivity index (χ3n) is 5.88. The third-order valence-corrected chi connectivity index (χ3v) is 6.13. The lowest BCUT2D eigenvalue weighted by Gasteiger charge is -2.26. The molecule has 9 nitrogen and oxygen atoms in total. The normalized spacial score (nSPS) is 17.9. The van der Waals surface area contributed by atoms with Crippen molar-refractivity contribution in [3.8, 4) is 0 Å². The van der Waals surface area contributed by atoms with Crippen LogP contribution in [0, 0.1) is 0 Å². The van der Waals surface area contributed by atoms with Gasteiger partial charge >= 0.3 is 6.16 Å². The molecule has 36 heavy (non-hydrogen) atoms. The van der Waals surface area contributed by atoms with E-state index in [0.717, 1.165) is 35.3 Å². The molecule has 0 saturated carbocycles. The Kier molecular flexibility index (Phi) is 9.89. The molecule has 0 aliphatic carbocycles. The highest BCUT2D eigenvalue weighted by Crippen LogP contribution is 2.41. The van der Waals surface area contributed by atoms with Crippen LogP contribution in [0.2, 0.25) is 5.02 Å². The van der Waals surface area contributed by atoms with Gasteiger partial charge < -0.3 is 19.0 Å². The molecule has 1 aromatic rings. The van der Waals surface area contributed by atoms with Gasteiger partial charge in [-0.15, -0.1) is 0 Å². The number of unbranched alkanes of at least 4 members (excludes halogenated alkanes) is 2. The van der Waals surface area contributed by atoms with Crippen molar-refractivity contribution in [1.29, 1.82) is 0 Å². The molecular weight excluding hydrogens is 484 g/mol. The summed E-state index contributed by atoms with van der Waals surface area (Å²) in [4.78, 5) is 22.1. The molecule has 1 atom stereocenters. The minimum atomic E-state index is -0.725. The number of carbonyl (C=O) groups is 1. The van der Waals surface area contributed by atoms with Crippen LogP contribution in [0.15, 0.2) is 62.9 Å². The Morgan fingerprint density at radius 3 is 2.64 bits per heavy atom. The second kappa shape index (κ2) is 12.9. The van der Waals surface area contributed by atoms with Crippen LogP contribution in [0.4, 0.5) is 4.79 Å². The zero-order valence-electron chi connectivity index (χ0n) is 21.6. The molecule has 0 amide bonds. The molecule has 1 fully saturated rings. The topological polar surface area (TPSA) is 94.3 Å². The van der Waals surface area contributed by atoms with Crippen molar-refractivity contribution in [3.05, 3.63) is 58.0 Å². The fourth-order valence-corrected chi connectivity index (χ4v) is 3.57. The second-order valence-corrected chi connectivity index (χ2v) is 10.2. The van der Waals surface area contributed by atoms with E-state index >= 15 is 0 Å². The van der Waals surface area contributed by atoms with Crippen LogP contribution in [0.1, 0.15) is 65.0 Å². The van der Waals surface area contributed by atoms with Crippen LogP contribution in [-0.2, 0) is 19.0 Å². The van der Waals surface area contributed by atoms with Gasteiger partial charge in [-0.3, -0.25) is 10.0 Å². The molecule has 0 spiro atoms. The van der Waals surface area contributed by atoms with Gasteiger partial charge in [0.1, 0.15) is 18.5 Å². The summed E-state index contributed by atoms with van der Waals surface area (Å²) in [6.45, 7) is 9.04. The molecule has 0 aromatic heterocycles. The Hall–Kier alpha value is -2.91. The van der Waals surface area contributed by atoms with E-state index in [9.17, 15) is 4.79 Å². The molecular formula is C26H35ClN4O5. The highest BCUT2D eigenvalue weighted by Gasteiger charge is 2.33. The molecule has 2 heterocycles. The zero-order chi connectivity index (χ0) is 26.1. The molecule has 2 aliphatic rings. The first-order valence-electron chi connectivity index (χ1n) is 12.1. The van der Waals surface area contributed by atoms with E-state index in [1.165, 1.54) is 0 Å². The van der Waals surface area contributed by atoms with Gasteiger partial charge in [-0.05, 0) is 69.9 Å². The van der Waals surface area contributed by atoms with Gasteiger partial charge in [0, 0.05) is 46.8 Å². The second-order valence-electron chi connectivity index (χ2n) is 9.73. The van der Waals surface area contributed by atoms with E-state index in [-0.39, 0.29) is 18.2 Å². The summed E-state index contributed by atoms with van der Waals surface area (Å²) in [5, 5.41) is 10.1. The van der Waals surface area contributed by atoms with E-state index < -0.39 is 6.16 Å². The highest BCUT2D eigenvalue weighted by atomic mass is 35.5. The maximum atomic E-state index is 12.4. The van der Waals surface area contributed by atoms with Crippen molar-refractivity contribution >= 4 is 23.5 Å². The van der Waals surface area contributed by atoms with Crippen molar-refractivity contribution < 1.29 is 23.8 Å². The summed E-state index contributed by atoms with van der Waals surface area (Å²) in [7, 11) is 1.85. The first kappa shape index (κ1) is 27.7. The number of fused-ring (bicyclic) bond motifs is 1. The lowest BCUT2D eigenvalue weighted by atomic mass is 9.98. The number of hydrogen-bond donors (Lipinski definition) is 0. The average molecular weight is 519 g/mol. The van der Waals surface area contributed by atoms with Crippen molar-refractivity contribution in [1.82, 2.24) is 5.01 Å². The number of allylic oxidation sites excluding steroid dienone is 1. The standard InChI is InChI=1S/C26H35ClN4O5/c1-18-15-23(22-17-34-24(21(22)16-28-18)19-9-11-20(27)12-10-19)36-25(32)33-13-7-6-8-14-35-30-29-31(5)26(2,3)4/h9-12,16,24H,6-8,13-15,17H2,1-5H3. The maximum Gasteiger partial charge on any atom is 0.513 e. The molecule has 0 N–H and O–H groups in total. The Labute approximate surface area is 217 Å². The molecule has 3 rings (SSSR count). The van der Waals surface area contributed by atoms with Gasteiger partial charge in [-0.25, -0.2) is 4.79 Å². The zero-order valence-corrected chi connectivity index (χ0v) is 22.4. The Balaban J connectivity index is 1.43. The van der Waals surface area contributed by atoms with E-state index in [0.29, 0.717) is 36.8 Å². The number of halogens is 1. The SMILES string of the molecule is CC1=NC=C2C(=C(OC(=O)OCCCCCON=NN(C)C(C)(C)C)C1)COC2c1ccc(Cl)cc1. The van der Waals surface area contributed by atoms with Gasteiger partial charge in [0.2, 0.25) is 0 Å². The molecule has 1 saturated heterocycles. The summed E-state index contributed by atoms with van der Waals surface area (Å²) < 4.78 is 16.9. The Bertz CT molecular complexity index is 1030. The monoisotopic (exact) mass is 518 g/mol. The maximum absolute atomic E-state index is 12.4. The molecule has 0 bridgehead atoms. The van der Waals surface area contributed by atoms with Crippen LogP contribution in [0.5, 0.6) is 0 Å². The van der Waals surface area contributed by atoms with Crippen LogP contribution in [0.3, 0.4) is 0 Å². The number of carbonyl (C=O) groups excluding carboxylic acids is 1. The number of rotatable bonds is 10. The first-order chi connectivity index (χ1) is 17.1. The minimum Gasteiger partial charge on any atom is -0.434 e. The highest BCUT2D eigenvalue weighted by molar-refractivity contribution is 6.30. The van der Waals surface area contributed by atoms with E-state index in [1.54, 1.807) is 11.2 Å². The van der Waals surface area contributed by atoms with Gasteiger partial charge in [0.25, 0.3) is 0 Å². The summed E-state index contributed by atoms with van der Waals surface area (Å²) in [6, 6.07) is 7.49. The van der Waals surface area contributed by atoms with Crippen LogP contribution >= 0.6 is 11.6 Å². The summed E-state index contributed by atoms with van der Waals surface area (Å²) in [5.41, 5.74) is 3.40. The molecule has 0 radical (unpaired) electrons. The predicted octanol–water partition coefficient (Wildman–Crippen LogP) is 6.77. The fraction of sp³-hybridized carbons (Fsp3) is 0.538. The van der Waals surface area contributed by atoms with Crippen LogP contribution in [-0.4, -0.2) is 49.3 Å². The third kappa shape index (κ3) is 8.06. The largest absolute Gasteiger partial charge is 0.513 e. The van der Waals surface area contributed by atoms with Crippen molar-refractivity contribution in [2.75, 3.05) is 26.9 Å². The lowest BCUT2D eigenvalue weighted by molar-refractivity contribution is 0.0654. The van der Waals surface area contributed by atoms with Gasteiger partial charge in [-0.1, -0.05) is 23.7 Å². The average Bonchev–Trinajstić information content (AvgIpc) is 3.18. The Morgan fingerprint density at radius 2 is 1.92 bits per heavy atom. The Morgan fingerprint density at radius 1 is 1.19 bits per heavy atom. The van der Waals surface area contributed by atoms with E-state index in [1.807, 2.05) is 59.0 Å². The number of benzene rings is 1. The number of aliphatic imine (C=N–C) groups is 1. The number of hydrogen-bond acceptors (Lipinski definition) is 8. The minimum absolute atomic E-state index is 0.112. The van der Waals surface area contributed by atoms with E-state index in [2.05, 4.69) is 15.5 Å². The lowest BCUT2D eigenvalue weighted by Crippen LogP contribution is -2.33. The molecule has 10 heteroatoms.